The molecule has 98 valence electrons. The summed E-state index contributed by atoms with van der Waals surface area (Å²) in [5, 5.41) is 3.43. The smallest absolute Gasteiger partial charge is 0.257 e. The molecule has 1 aromatic carbocycles. The Hall–Kier alpha value is -2.07. The number of hydrogen-bond donors (Lipinski definition) is 2. The Kier molecular flexibility index (Phi) is 3.71. The lowest BCUT2D eigenvalue weighted by Crippen LogP contribution is -2.15. The molecular formula is C14H14ClN3O. The Balaban J connectivity index is 2.31. The van der Waals surface area contributed by atoms with Crippen LogP contribution >= 0.6 is 11.6 Å². The molecule has 0 atom stereocenters. The van der Waals surface area contributed by atoms with Crippen molar-refractivity contribution in [1.82, 2.24) is 4.98 Å². The third kappa shape index (κ3) is 2.85. The number of hydrogen-bond acceptors (Lipinski definition) is 3. The van der Waals surface area contributed by atoms with Crippen molar-refractivity contribution in [2.45, 2.75) is 13.8 Å². The second-order valence-corrected chi connectivity index (χ2v) is 4.68. The van der Waals surface area contributed by atoms with Crippen molar-refractivity contribution in [3.8, 4) is 0 Å². The largest absolute Gasteiger partial charge is 0.397 e. The number of aryl methyl sites for hydroxylation is 1. The van der Waals surface area contributed by atoms with Gasteiger partial charge in [-0.15, -0.1) is 0 Å². The van der Waals surface area contributed by atoms with Gasteiger partial charge in [0.25, 0.3) is 5.91 Å². The normalized spacial score (nSPS) is 10.3. The Bertz CT molecular complexity index is 641. The number of nitrogens with zero attached hydrogens (tertiary/aromatic N) is 1. The van der Waals surface area contributed by atoms with Gasteiger partial charge in [-0.05, 0) is 37.6 Å². The topological polar surface area (TPSA) is 68.0 Å². The molecule has 2 aromatic rings. The summed E-state index contributed by atoms with van der Waals surface area (Å²) >= 11 is 6.02. The fourth-order valence-electron chi connectivity index (χ4n) is 1.71. The first-order valence-corrected chi connectivity index (χ1v) is 6.15. The maximum absolute atomic E-state index is 12.2. The van der Waals surface area contributed by atoms with E-state index >= 15 is 0 Å². The Morgan fingerprint density at radius 3 is 2.84 bits per heavy atom. The van der Waals surface area contributed by atoms with Gasteiger partial charge < -0.3 is 11.1 Å². The van der Waals surface area contributed by atoms with Gasteiger partial charge in [0, 0.05) is 10.7 Å². The fourth-order valence-corrected chi connectivity index (χ4v) is 1.89. The minimum absolute atomic E-state index is 0.248. The second-order valence-electron chi connectivity index (χ2n) is 4.27. The van der Waals surface area contributed by atoms with Gasteiger partial charge in [-0.2, -0.15) is 0 Å². The van der Waals surface area contributed by atoms with E-state index in [0.717, 1.165) is 5.56 Å². The lowest BCUT2D eigenvalue weighted by Gasteiger charge is -2.11. The SMILES string of the molecule is Cc1ncc(N)cc1C(=O)Nc1cccc(Cl)c1C. The van der Waals surface area contributed by atoms with E-state index in [0.29, 0.717) is 27.7 Å². The Morgan fingerprint density at radius 1 is 1.37 bits per heavy atom. The molecule has 0 saturated heterocycles. The summed E-state index contributed by atoms with van der Waals surface area (Å²) < 4.78 is 0. The number of nitrogens with two attached hydrogens (primary N) is 1. The maximum atomic E-state index is 12.2. The van der Waals surface area contributed by atoms with E-state index < -0.39 is 0 Å². The number of benzene rings is 1. The highest BCUT2D eigenvalue weighted by atomic mass is 35.5. The van der Waals surface area contributed by atoms with Crippen molar-refractivity contribution >= 4 is 28.9 Å². The molecule has 19 heavy (non-hydrogen) atoms. The van der Waals surface area contributed by atoms with Gasteiger partial charge >= 0.3 is 0 Å². The third-order valence-electron chi connectivity index (χ3n) is 2.87. The minimum Gasteiger partial charge on any atom is -0.397 e. The first kappa shape index (κ1) is 13.4. The van der Waals surface area contributed by atoms with Gasteiger partial charge in [-0.25, -0.2) is 0 Å². The summed E-state index contributed by atoms with van der Waals surface area (Å²) in [6.45, 7) is 3.61. The molecule has 0 fully saturated rings. The van der Waals surface area contributed by atoms with Gasteiger partial charge in [0.2, 0.25) is 0 Å². The molecule has 5 heteroatoms. The molecule has 0 unspecified atom stereocenters. The van der Waals surface area contributed by atoms with Crippen LogP contribution in [0, 0.1) is 13.8 Å². The summed E-state index contributed by atoms with van der Waals surface area (Å²) in [6.07, 6.45) is 1.52. The van der Waals surface area contributed by atoms with Crippen LogP contribution in [0.4, 0.5) is 11.4 Å². The first-order valence-electron chi connectivity index (χ1n) is 5.77. The van der Waals surface area contributed by atoms with Gasteiger partial charge in [-0.1, -0.05) is 17.7 Å². The lowest BCUT2D eigenvalue weighted by molar-refractivity contribution is 0.102. The van der Waals surface area contributed by atoms with E-state index in [4.69, 9.17) is 17.3 Å². The van der Waals surface area contributed by atoms with Crippen LogP contribution in [0.2, 0.25) is 5.02 Å². The molecular weight excluding hydrogens is 262 g/mol. The highest BCUT2D eigenvalue weighted by molar-refractivity contribution is 6.31. The van der Waals surface area contributed by atoms with Crippen molar-refractivity contribution in [1.29, 1.82) is 0 Å². The van der Waals surface area contributed by atoms with E-state index in [1.807, 2.05) is 6.92 Å². The quantitative estimate of drug-likeness (QED) is 0.884. The number of nitrogens with one attached hydrogen (secondary N) is 1. The number of aromatic nitrogens is 1. The predicted molar refractivity (Wildman–Crippen MR) is 77.5 cm³/mol. The van der Waals surface area contributed by atoms with Gasteiger partial charge in [-0.3, -0.25) is 9.78 Å². The zero-order chi connectivity index (χ0) is 14.0. The van der Waals surface area contributed by atoms with Crippen LogP contribution in [-0.2, 0) is 0 Å². The third-order valence-corrected chi connectivity index (χ3v) is 3.28. The van der Waals surface area contributed by atoms with E-state index in [-0.39, 0.29) is 5.91 Å². The van der Waals surface area contributed by atoms with E-state index in [1.165, 1.54) is 6.20 Å². The Labute approximate surface area is 116 Å². The van der Waals surface area contributed by atoms with Crippen LogP contribution in [0.5, 0.6) is 0 Å². The molecule has 1 amide bonds. The zero-order valence-corrected chi connectivity index (χ0v) is 11.5. The molecule has 1 aromatic heterocycles. The van der Waals surface area contributed by atoms with Crippen LogP contribution in [0.1, 0.15) is 21.6 Å². The van der Waals surface area contributed by atoms with Crippen LogP contribution in [-0.4, -0.2) is 10.9 Å². The molecule has 0 saturated carbocycles. The maximum Gasteiger partial charge on any atom is 0.257 e. The summed E-state index contributed by atoms with van der Waals surface area (Å²) in [7, 11) is 0. The molecule has 0 aliphatic carbocycles. The van der Waals surface area contributed by atoms with Crippen molar-refractivity contribution in [2.75, 3.05) is 11.1 Å². The van der Waals surface area contributed by atoms with E-state index in [1.54, 1.807) is 31.2 Å². The standard InChI is InChI=1S/C14H14ClN3O/c1-8-12(15)4-3-5-13(8)18-14(19)11-6-10(16)7-17-9(11)2/h3-7H,16H2,1-2H3,(H,18,19). The number of carbonyl (C=O) groups excluding carboxylic acids is 1. The lowest BCUT2D eigenvalue weighted by atomic mass is 10.1. The van der Waals surface area contributed by atoms with Crippen molar-refractivity contribution in [2.24, 2.45) is 0 Å². The molecule has 0 aliphatic rings. The number of amides is 1. The molecule has 3 N–H and O–H groups in total. The number of anilines is 2. The highest BCUT2D eigenvalue weighted by Gasteiger charge is 2.12. The van der Waals surface area contributed by atoms with Crippen LogP contribution in [0.3, 0.4) is 0 Å². The van der Waals surface area contributed by atoms with Crippen LogP contribution in [0.25, 0.3) is 0 Å². The van der Waals surface area contributed by atoms with Crippen LogP contribution < -0.4 is 11.1 Å². The summed E-state index contributed by atoms with van der Waals surface area (Å²) in [5.74, 6) is -0.248. The summed E-state index contributed by atoms with van der Waals surface area (Å²) in [6, 6.07) is 6.97. The monoisotopic (exact) mass is 275 g/mol. The second kappa shape index (κ2) is 5.28. The molecule has 4 nitrogen and oxygen atoms in total. The Morgan fingerprint density at radius 2 is 2.11 bits per heavy atom. The molecule has 0 aliphatic heterocycles. The molecule has 0 bridgehead atoms. The fraction of sp³-hybridized carbons (Fsp3) is 0.143. The number of nitrogen functional groups attached to an aromatic ring is 1. The zero-order valence-electron chi connectivity index (χ0n) is 10.7. The minimum atomic E-state index is -0.248. The van der Waals surface area contributed by atoms with E-state index in [9.17, 15) is 4.79 Å². The van der Waals surface area contributed by atoms with Crippen molar-refractivity contribution in [3.63, 3.8) is 0 Å². The van der Waals surface area contributed by atoms with Crippen molar-refractivity contribution < 1.29 is 4.79 Å². The molecule has 2 rings (SSSR count). The number of carbonyl (C=O) groups is 1. The number of pyridine rings is 1. The van der Waals surface area contributed by atoms with Gasteiger partial charge in [0.1, 0.15) is 0 Å². The van der Waals surface area contributed by atoms with Gasteiger partial charge in [0.15, 0.2) is 0 Å². The highest BCUT2D eigenvalue weighted by Crippen LogP contribution is 2.23. The summed E-state index contributed by atoms with van der Waals surface area (Å²) in [4.78, 5) is 16.3. The molecule has 1 heterocycles. The summed E-state index contributed by atoms with van der Waals surface area (Å²) in [5.41, 5.74) is 8.70. The average molecular weight is 276 g/mol. The predicted octanol–water partition coefficient (Wildman–Crippen LogP) is 3.19. The van der Waals surface area contributed by atoms with Crippen molar-refractivity contribution in [3.05, 3.63) is 52.3 Å². The number of rotatable bonds is 2. The average Bonchev–Trinajstić information content (AvgIpc) is 2.38. The first-order chi connectivity index (χ1) is 8.99. The van der Waals surface area contributed by atoms with Gasteiger partial charge in [0.05, 0.1) is 23.1 Å². The van der Waals surface area contributed by atoms with Crippen LogP contribution in [0.15, 0.2) is 30.5 Å². The molecule has 0 spiro atoms. The van der Waals surface area contributed by atoms with E-state index in [2.05, 4.69) is 10.3 Å². The number of halogens is 1. The molecule has 0 radical (unpaired) electrons.